The number of halogens is 1. The molecule has 4 N–H and O–H groups in total. The van der Waals surface area contributed by atoms with Gasteiger partial charge < -0.3 is 21.3 Å². The standard InChI is InChI=1S/C16H24N4O3.ClH/c1-10(2)15(17)16(23)18-9-14(22)19-12-6-5-7-13(8-12)20(4)11(3)21;/h5-8,10,15H,9,17H2,1-4H3,(H,18,23)(H,19,22);1H/t15-;/m0./s1. The maximum Gasteiger partial charge on any atom is 0.243 e. The number of carbonyl (C=O) groups excluding carboxylic acids is 3. The van der Waals surface area contributed by atoms with E-state index in [1.165, 1.54) is 11.8 Å². The van der Waals surface area contributed by atoms with Crippen LogP contribution in [0.2, 0.25) is 0 Å². The number of amides is 3. The number of hydrogen-bond acceptors (Lipinski definition) is 4. The fourth-order valence-electron chi connectivity index (χ4n) is 1.77. The highest BCUT2D eigenvalue weighted by Crippen LogP contribution is 2.18. The summed E-state index contributed by atoms with van der Waals surface area (Å²) in [5.74, 6) is -0.836. The number of nitrogens with two attached hydrogens (primary N) is 1. The zero-order valence-corrected chi connectivity index (χ0v) is 15.1. The summed E-state index contributed by atoms with van der Waals surface area (Å²) in [6.07, 6.45) is 0. The second-order valence-corrected chi connectivity index (χ2v) is 5.66. The van der Waals surface area contributed by atoms with E-state index in [9.17, 15) is 14.4 Å². The Morgan fingerprint density at radius 3 is 2.42 bits per heavy atom. The minimum absolute atomic E-state index is 0. The number of benzene rings is 1. The van der Waals surface area contributed by atoms with Crippen molar-refractivity contribution in [3.8, 4) is 0 Å². The molecule has 0 saturated heterocycles. The zero-order chi connectivity index (χ0) is 17.6. The van der Waals surface area contributed by atoms with Crippen LogP contribution >= 0.6 is 12.4 Å². The highest BCUT2D eigenvalue weighted by molar-refractivity contribution is 5.96. The van der Waals surface area contributed by atoms with Crippen LogP contribution in [0.3, 0.4) is 0 Å². The molecule has 0 bridgehead atoms. The van der Waals surface area contributed by atoms with Crippen LogP contribution in [0.5, 0.6) is 0 Å². The van der Waals surface area contributed by atoms with E-state index < -0.39 is 6.04 Å². The minimum Gasteiger partial charge on any atom is -0.346 e. The third-order valence-corrected chi connectivity index (χ3v) is 3.43. The molecule has 8 heteroatoms. The van der Waals surface area contributed by atoms with Gasteiger partial charge in [-0.25, -0.2) is 0 Å². The van der Waals surface area contributed by atoms with Crippen molar-refractivity contribution in [2.45, 2.75) is 26.8 Å². The quantitative estimate of drug-likeness (QED) is 0.710. The average molecular weight is 357 g/mol. The maximum absolute atomic E-state index is 11.9. The molecule has 0 radical (unpaired) electrons. The molecule has 134 valence electrons. The first-order valence-electron chi connectivity index (χ1n) is 7.40. The Labute approximate surface area is 148 Å². The first-order chi connectivity index (χ1) is 10.7. The lowest BCUT2D eigenvalue weighted by Crippen LogP contribution is -2.46. The minimum atomic E-state index is -0.643. The molecule has 0 fully saturated rings. The van der Waals surface area contributed by atoms with Gasteiger partial charge in [-0.15, -0.1) is 12.4 Å². The fraction of sp³-hybridized carbons (Fsp3) is 0.438. The summed E-state index contributed by atoms with van der Waals surface area (Å²) in [6, 6.07) is 6.24. The summed E-state index contributed by atoms with van der Waals surface area (Å²) in [6.45, 7) is 4.97. The number of anilines is 2. The van der Waals surface area contributed by atoms with Crippen LogP contribution in [0.4, 0.5) is 11.4 Å². The topological polar surface area (TPSA) is 105 Å². The number of rotatable bonds is 6. The Morgan fingerprint density at radius 2 is 1.88 bits per heavy atom. The first kappa shape index (κ1) is 21.9. The van der Waals surface area contributed by atoms with Crippen molar-refractivity contribution < 1.29 is 14.4 Å². The molecule has 0 heterocycles. The smallest absolute Gasteiger partial charge is 0.243 e. The van der Waals surface area contributed by atoms with E-state index in [1.807, 2.05) is 13.8 Å². The van der Waals surface area contributed by atoms with Gasteiger partial charge in [0.2, 0.25) is 17.7 Å². The number of hydrogen-bond donors (Lipinski definition) is 3. The summed E-state index contributed by atoms with van der Waals surface area (Å²) in [5, 5.41) is 5.17. The van der Waals surface area contributed by atoms with E-state index in [0.29, 0.717) is 11.4 Å². The van der Waals surface area contributed by atoms with Crippen molar-refractivity contribution >= 4 is 41.5 Å². The van der Waals surface area contributed by atoms with Gasteiger partial charge in [0, 0.05) is 25.3 Å². The predicted octanol–water partition coefficient (Wildman–Crippen LogP) is 1.13. The lowest BCUT2D eigenvalue weighted by atomic mass is 10.1. The van der Waals surface area contributed by atoms with Crippen LogP contribution in [0.15, 0.2) is 24.3 Å². The Balaban J connectivity index is 0.00000529. The van der Waals surface area contributed by atoms with Gasteiger partial charge in [-0.2, -0.15) is 0 Å². The lowest BCUT2D eigenvalue weighted by molar-refractivity contribution is -0.125. The highest BCUT2D eigenvalue weighted by atomic mass is 35.5. The van der Waals surface area contributed by atoms with Gasteiger partial charge in [0.15, 0.2) is 0 Å². The first-order valence-corrected chi connectivity index (χ1v) is 7.40. The Bertz CT molecular complexity index is 592. The van der Waals surface area contributed by atoms with Crippen LogP contribution in [0.1, 0.15) is 20.8 Å². The SMILES string of the molecule is CC(=O)N(C)c1cccc(NC(=O)CNC(=O)[C@@H](N)C(C)C)c1.Cl. The number of nitrogens with one attached hydrogen (secondary N) is 2. The van der Waals surface area contributed by atoms with Crippen molar-refractivity contribution in [1.29, 1.82) is 0 Å². The molecule has 1 rings (SSSR count). The van der Waals surface area contributed by atoms with Gasteiger partial charge in [0.1, 0.15) is 0 Å². The van der Waals surface area contributed by atoms with Crippen molar-refractivity contribution in [2.75, 3.05) is 23.8 Å². The van der Waals surface area contributed by atoms with E-state index in [-0.39, 0.29) is 42.6 Å². The number of nitrogens with zero attached hydrogens (tertiary/aromatic N) is 1. The van der Waals surface area contributed by atoms with Gasteiger partial charge in [-0.3, -0.25) is 14.4 Å². The van der Waals surface area contributed by atoms with Gasteiger partial charge in [-0.05, 0) is 24.1 Å². The number of carbonyl (C=O) groups is 3. The van der Waals surface area contributed by atoms with Crippen LogP contribution < -0.4 is 21.3 Å². The van der Waals surface area contributed by atoms with Crippen molar-refractivity contribution in [2.24, 2.45) is 11.7 Å². The van der Waals surface area contributed by atoms with E-state index in [0.717, 1.165) is 0 Å². The van der Waals surface area contributed by atoms with Gasteiger partial charge in [0.05, 0.1) is 12.6 Å². The monoisotopic (exact) mass is 356 g/mol. The molecule has 0 aliphatic carbocycles. The average Bonchev–Trinajstić information content (AvgIpc) is 2.51. The summed E-state index contributed by atoms with van der Waals surface area (Å²) in [4.78, 5) is 36.4. The Hall–Kier alpha value is -2.12. The van der Waals surface area contributed by atoms with Crippen molar-refractivity contribution in [3.63, 3.8) is 0 Å². The van der Waals surface area contributed by atoms with Crippen LogP contribution in [-0.4, -0.2) is 37.4 Å². The zero-order valence-electron chi connectivity index (χ0n) is 14.3. The summed E-state index contributed by atoms with van der Waals surface area (Å²) in [5.41, 5.74) is 6.91. The Kier molecular flexibility index (Phi) is 9.02. The molecule has 7 nitrogen and oxygen atoms in total. The molecule has 0 saturated carbocycles. The Morgan fingerprint density at radius 1 is 1.25 bits per heavy atom. The third-order valence-electron chi connectivity index (χ3n) is 3.43. The summed E-state index contributed by atoms with van der Waals surface area (Å²) >= 11 is 0. The summed E-state index contributed by atoms with van der Waals surface area (Å²) in [7, 11) is 1.65. The maximum atomic E-state index is 11.9. The van der Waals surface area contributed by atoms with Crippen molar-refractivity contribution in [1.82, 2.24) is 5.32 Å². The van der Waals surface area contributed by atoms with E-state index >= 15 is 0 Å². The predicted molar refractivity (Wildman–Crippen MR) is 97.2 cm³/mol. The molecule has 0 aliphatic rings. The van der Waals surface area contributed by atoms with Gasteiger partial charge >= 0.3 is 0 Å². The molecule has 0 aliphatic heterocycles. The van der Waals surface area contributed by atoms with Crippen LogP contribution in [0.25, 0.3) is 0 Å². The molecule has 24 heavy (non-hydrogen) atoms. The van der Waals surface area contributed by atoms with E-state index in [4.69, 9.17) is 5.73 Å². The van der Waals surface area contributed by atoms with Crippen molar-refractivity contribution in [3.05, 3.63) is 24.3 Å². The lowest BCUT2D eigenvalue weighted by Gasteiger charge is -2.17. The van der Waals surface area contributed by atoms with Crippen LogP contribution in [-0.2, 0) is 14.4 Å². The molecule has 0 aromatic heterocycles. The second kappa shape index (κ2) is 9.89. The second-order valence-electron chi connectivity index (χ2n) is 5.66. The molecular formula is C16H25ClN4O3. The molecule has 1 atom stereocenters. The molecule has 1 aromatic rings. The van der Waals surface area contributed by atoms with Gasteiger partial charge in [-0.1, -0.05) is 19.9 Å². The van der Waals surface area contributed by atoms with E-state index in [2.05, 4.69) is 10.6 Å². The molecule has 1 aromatic carbocycles. The summed E-state index contributed by atoms with van der Waals surface area (Å²) < 4.78 is 0. The normalized spacial score (nSPS) is 11.2. The molecule has 3 amide bonds. The third kappa shape index (κ3) is 6.55. The van der Waals surface area contributed by atoms with E-state index in [1.54, 1.807) is 31.3 Å². The van der Waals surface area contributed by atoms with Crippen LogP contribution in [0, 0.1) is 5.92 Å². The largest absolute Gasteiger partial charge is 0.346 e. The molecular weight excluding hydrogens is 332 g/mol. The highest BCUT2D eigenvalue weighted by Gasteiger charge is 2.17. The fourth-order valence-corrected chi connectivity index (χ4v) is 1.77. The molecule has 0 unspecified atom stereocenters. The molecule has 0 spiro atoms. The van der Waals surface area contributed by atoms with Gasteiger partial charge in [0.25, 0.3) is 0 Å².